The van der Waals surface area contributed by atoms with Gasteiger partial charge in [0, 0.05) is 5.56 Å². The van der Waals surface area contributed by atoms with Crippen molar-refractivity contribution >= 4 is 17.7 Å². The van der Waals surface area contributed by atoms with E-state index in [0.29, 0.717) is 16.5 Å². The summed E-state index contributed by atoms with van der Waals surface area (Å²) < 4.78 is 12.8. The van der Waals surface area contributed by atoms with Crippen molar-refractivity contribution < 1.29 is 14.3 Å². The van der Waals surface area contributed by atoms with Gasteiger partial charge in [-0.3, -0.25) is 9.89 Å². The minimum atomic E-state index is -0.923. The van der Waals surface area contributed by atoms with E-state index in [9.17, 15) is 9.18 Å². The standard InChI is InChI=1S/C11H10FN3O2S/c1-6(10(16)17)18-11-13-9(14-15-11)7-2-4-8(12)5-3-7/h2-6H,1H3,(H,16,17)(H,13,14,15). The molecule has 5 nitrogen and oxygen atoms in total. The zero-order chi connectivity index (χ0) is 13.1. The summed E-state index contributed by atoms with van der Waals surface area (Å²) in [7, 11) is 0. The summed E-state index contributed by atoms with van der Waals surface area (Å²) in [6.45, 7) is 1.56. The number of carbonyl (C=O) groups is 1. The normalized spacial score (nSPS) is 12.3. The smallest absolute Gasteiger partial charge is 0.316 e. The molecule has 2 N–H and O–H groups in total. The van der Waals surface area contributed by atoms with Gasteiger partial charge in [-0.25, -0.2) is 9.37 Å². The Morgan fingerprint density at radius 2 is 2.11 bits per heavy atom. The van der Waals surface area contributed by atoms with E-state index >= 15 is 0 Å². The number of thioether (sulfide) groups is 1. The van der Waals surface area contributed by atoms with E-state index in [2.05, 4.69) is 15.2 Å². The van der Waals surface area contributed by atoms with E-state index in [0.717, 1.165) is 11.8 Å². The zero-order valence-corrected chi connectivity index (χ0v) is 10.2. The van der Waals surface area contributed by atoms with Crippen molar-refractivity contribution in [2.75, 3.05) is 0 Å². The van der Waals surface area contributed by atoms with E-state index < -0.39 is 11.2 Å². The molecule has 0 bridgehead atoms. The van der Waals surface area contributed by atoms with Crippen LogP contribution in [0.25, 0.3) is 11.4 Å². The first-order valence-corrected chi connectivity index (χ1v) is 6.02. The van der Waals surface area contributed by atoms with Crippen molar-refractivity contribution in [2.24, 2.45) is 0 Å². The van der Waals surface area contributed by atoms with E-state index in [1.54, 1.807) is 19.1 Å². The fourth-order valence-electron chi connectivity index (χ4n) is 1.24. The fourth-order valence-corrected chi connectivity index (χ4v) is 1.90. The number of H-pyrrole nitrogens is 1. The van der Waals surface area contributed by atoms with E-state index in [-0.39, 0.29) is 5.82 Å². The molecule has 0 spiro atoms. The minimum Gasteiger partial charge on any atom is -0.480 e. The molecular weight excluding hydrogens is 257 g/mol. The maximum atomic E-state index is 12.8. The largest absolute Gasteiger partial charge is 0.480 e. The minimum absolute atomic E-state index is 0.327. The highest BCUT2D eigenvalue weighted by atomic mass is 32.2. The molecule has 0 radical (unpaired) electrons. The molecule has 0 aliphatic heterocycles. The van der Waals surface area contributed by atoms with Crippen LogP contribution in [0.1, 0.15) is 6.92 Å². The van der Waals surface area contributed by atoms with E-state index in [1.807, 2.05) is 0 Å². The van der Waals surface area contributed by atoms with Crippen LogP contribution in [-0.4, -0.2) is 31.5 Å². The summed E-state index contributed by atoms with van der Waals surface area (Å²) in [5.41, 5.74) is 0.693. The lowest BCUT2D eigenvalue weighted by atomic mass is 10.2. The first-order valence-electron chi connectivity index (χ1n) is 5.14. The molecule has 2 aromatic rings. The van der Waals surface area contributed by atoms with Crippen LogP contribution in [0.3, 0.4) is 0 Å². The molecule has 94 valence electrons. The van der Waals surface area contributed by atoms with Crippen LogP contribution in [0.5, 0.6) is 0 Å². The molecule has 1 heterocycles. The Kier molecular flexibility index (Phi) is 3.61. The molecule has 7 heteroatoms. The zero-order valence-electron chi connectivity index (χ0n) is 9.42. The van der Waals surface area contributed by atoms with Gasteiger partial charge in [0.1, 0.15) is 11.1 Å². The summed E-state index contributed by atoms with van der Waals surface area (Å²) in [5, 5.41) is 15.1. The highest BCUT2D eigenvalue weighted by molar-refractivity contribution is 8.00. The van der Waals surface area contributed by atoms with Gasteiger partial charge in [-0.15, -0.1) is 5.10 Å². The van der Waals surface area contributed by atoms with Gasteiger partial charge in [0.2, 0.25) is 5.16 Å². The number of nitrogens with one attached hydrogen (secondary N) is 1. The number of benzene rings is 1. The van der Waals surface area contributed by atoms with Crippen LogP contribution >= 0.6 is 11.8 Å². The number of aromatic amines is 1. The number of nitrogens with zero attached hydrogens (tertiary/aromatic N) is 2. The molecular formula is C11H10FN3O2S. The molecule has 1 atom stereocenters. The Hall–Kier alpha value is -1.89. The van der Waals surface area contributed by atoms with Gasteiger partial charge in [-0.2, -0.15) is 0 Å². The van der Waals surface area contributed by atoms with Crippen LogP contribution in [-0.2, 0) is 4.79 Å². The van der Waals surface area contributed by atoms with Crippen molar-refractivity contribution in [3.05, 3.63) is 30.1 Å². The molecule has 0 saturated carbocycles. The Labute approximate surface area is 106 Å². The molecule has 1 aromatic heterocycles. The Morgan fingerprint density at radius 3 is 2.72 bits per heavy atom. The van der Waals surface area contributed by atoms with Gasteiger partial charge in [-0.05, 0) is 31.2 Å². The van der Waals surface area contributed by atoms with E-state index in [4.69, 9.17) is 5.11 Å². The number of rotatable bonds is 4. The Balaban J connectivity index is 2.15. The third-order valence-corrected chi connectivity index (χ3v) is 3.16. The van der Waals surface area contributed by atoms with Crippen LogP contribution in [0, 0.1) is 5.82 Å². The number of carboxylic acids is 1. The van der Waals surface area contributed by atoms with E-state index in [1.165, 1.54) is 12.1 Å². The number of hydrogen-bond acceptors (Lipinski definition) is 4. The number of carboxylic acid groups (broad SMARTS) is 1. The fraction of sp³-hybridized carbons (Fsp3) is 0.182. The lowest BCUT2D eigenvalue weighted by molar-refractivity contribution is -0.136. The summed E-state index contributed by atoms with van der Waals surface area (Å²) >= 11 is 1.04. The van der Waals surface area contributed by atoms with Crippen molar-refractivity contribution in [1.29, 1.82) is 0 Å². The van der Waals surface area contributed by atoms with Crippen LogP contribution < -0.4 is 0 Å². The Bertz CT molecular complexity index is 556. The third-order valence-electron chi connectivity index (χ3n) is 2.21. The maximum absolute atomic E-state index is 12.8. The highest BCUT2D eigenvalue weighted by Crippen LogP contribution is 2.22. The summed E-state index contributed by atoms with van der Waals surface area (Å²) in [6.07, 6.45) is 0. The summed E-state index contributed by atoms with van der Waals surface area (Å²) in [6, 6.07) is 5.80. The maximum Gasteiger partial charge on any atom is 0.316 e. The lowest BCUT2D eigenvalue weighted by Gasteiger charge is -2.00. The first-order chi connectivity index (χ1) is 8.56. The molecule has 0 aliphatic carbocycles. The number of halogens is 1. The molecule has 0 amide bonds. The second-order valence-electron chi connectivity index (χ2n) is 3.57. The average molecular weight is 267 g/mol. The first kappa shape index (κ1) is 12.6. The molecule has 1 unspecified atom stereocenters. The van der Waals surface area contributed by atoms with Gasteiger partial charge < -0.3 is 5.11 Å². The Morgan fingerprint density at radius 1 is 1.44 bits per heavy atom. The predicted molar refractivity (Wildman–Crippen MR) is 64.7 cm³/mol. The van der Waals surface area contributed by atoms with Crippen molar-refractivity contribution in [3.8, 4) is 11.4 Å². The lowest BCUT2D eigenvalue weighted by Crippen LogP contribution is -2.11. The second-order valence-corrected chi connectivity index (χ2v) is 4.88. The predicted octanol–water partition coefficient (Wildman–Crippen LogP) is 2.18. The summed E-state index contributed by atoms with van der Waals surface area (Å²) in [4.78, 5) is 14.8. The average Bonchev–Trinajstić information content (AvgIpc) is 2.78. The monoisotopic (exact) mass is 267 g/mol. The van der Waals surface area contributed by atoms with Crippen molar-refractivity contribution in [3.63, 3.8) is 0 Å². The van der Waals surface area contributed by atoms with Crippen LogP contribution in [0.4, 0.5) is 4.39 Å². The van der Waals surface area contributed by atoms with Crippen LogP contribution in [0.15, 0.2) is 29.4 Å². The van der Waals surface area contributed by atoms with Crippen molar-refractivity contribution in [1.82, 2.24) is 15.2 Å². The summed E-state index contributed by atoms with van der Waals surface area (Å²) in [5.74, 6) is -0.768. The SMILES string of the molecule is CC(Sc1n[nH]c(-c2ccc(F)cc2)n1)C(=O)O. The molecule has 1 aromatic carbocycles. The topological polar surface area (TPSA) is 78.9 Å². The number of aromatic nitrogens is 3. The molecule has 0 saturated heterocycles. The number of aliphatic carboxylic acids is 1. The van der Waals surface area contributed by atoms with Gasteiger partial charge in [-0.1, -0.05) is 11.8 Å². The molecule has 0 aliphatic rings. The van der Waals surface area contributed by atoms with Gasteiger partial charge >= 0.3 is 5.97 Å². The van der Waals surface area contributed by atoms with Gasteiger partial charge in [0.05, 0.1) is 0 Å². The molecule has 2 rings (SSSR count). The quantitative estimate of drug-likeness (QED) is 0.830. The second kappa shape index (κ2) is 5.18. The molecule has 18 heavy (non-hydrogen) atoms. The van der Waals surface area contributed by atoms with Crippen LogP contribution in [0.2, 0.25) is 0 Å². The van der Waals surface area contributed by atoms with Gasteiger partial charge in [0.25, 0.3) is 0 Å². The highest BCUT2D eigenvalue weighted by Gasteiger charge is 2.15. The van der Waals surface area contributed by atoms with Gasteiger partial charge in [0.15, 0.2) is 5.82 Å². The van der Waals surface area contributed by atoms with Crippen molar-refractivity contribution in [2.45, 2.75) is 17.3 Å². The number of hydrogen-bond donors (Lipinski definition) is 2. The molecule has 0 fully saturated rings. The third kappa shape index (κ3) is 2.86.